The molecule has 1 amide bonds. The smallest absolute Gasteiger partial charge is 0.336 e. The van der Waals surface area contributed by atoms with Crippen LogP contribution >= 0.6 is 0 Å². The Labute approximate surface area is 119 Å². The van der Waals surface area contributed by atoms with Crippen LogP contribution in [0, 0.1) is 5.92 Å². The highest BCUT2D eigenvalue weighted by molar-refractivity contribution is 5.84. The quantitative estimate of drug-likeness (QED) is 0.866. The van der Waals surface area contributed by atoms with Gasteiger partial charge in [-0.2, -0.15) is 8.78 Å². The minimum atomic E-state index is -4.65. The van der Waals surface area contributed by atoms with Crippen molar-refractivity contribution in [3.63, 3.8) is 0 Å². The number of benzene rings is 1. The molecule has 0 bridgehead atoms. The maximum absolute atomic E-state index is 13.2. The Morgan fingerprint density at radius 3 is 2.43 bits per heavy atom. The molecule has 0 radical (unpaired) electrons. The Balaban J connectivity index is 2.18. The van der Waals surface area contributed by atoms with E-state index in [4.69, 9.17) is 5.73 Å². The molecule has 0 saturated carbocycles. The lowest BCUT2D eigenvalue weighted by Gasteiger charge is -2.22. The molecular formula is C14H16F4N2O. The molecule has 1 aliphatic rings. The topological polar surface area (TPSA) is 46.3 Å². The summed E-state index contributed by atoms with van der Waals surface area (Å²) in [6.07, 6.45) is -4.00. The van der Waals surface area contributed by atoms with Gasteiger partial charge < -0.3 is 10.6 Å². The van der Waals surface area contributed by atoms with Crippen LogP contribution < -0.4 is 5.73 Å². The number of carbonyl (C=O) groups is 1. The fourth-order valence-electron chi connectivity index (χ4n) is 2.66. The number of likely N-dealkylation sites (tertiary alicyclic amines) is 1. The van der Waals surface area contributed by atoms with Crippen LogP contribution in [-0.4, -0.2) is 42.8 Å². The van der Waals surface area contributed by atoms with E-state index in [0.717, 1.165) is 10.5 Å². The fraction of sp³-hybridized carbons (Fsp3) is 0.500. The van der Waals surface area contributed by atoms with Gasteiger partial charge in [0.1, 0.15) is 0 Å². The molecule has 1 aromatic rings. The van der Waals surface area contributed by atoms with Gasteiger partial charge in [-0.3, -0.25) is 4.79 Å². The monoisotopic (exact) mass is 304 g/mol. The van der Waals surface area contributed by atoms with E-state index in [-0.39, 0.29) is 31.5 Å². The minimum absolute atomic E-state index is 0.0208. The number of carbonyl (C=O) groups excluding carboxylic acids is 1. The minimum Gasteiger partial charge on any atom is -0.336 e. The lowest BCUT2D eigenvalue weighted by atomic mass is 9.89. The first-order valence-electron chi connectivity index (χ1n) is 6.58. The predicted octanol–water partition coefficient (Wildman–Crippen LogP) is 2.09. The van der Waals surface area contributed by atoms with Crippen LogP contribution in [0.4, 0.5) is 17.6 Å². The van der Waals surface area contributed by atoms with E-state index in [9.17, 15) is 22.4 Å². The number of alkyl halides is 4. The van der Waals surface area contributed by atoms with Crippen molar-refractivity contribution < 1.29 is 22.4 Å². The van der Waals surface area contributed by atoms with E-state index in [1.807, 2.05) is 18.2 Å². The number of halogens is 4. The van der Waals surface area contributed by atoms with Gasteiger partial charge >= 0.3 is 12.3 Å². The summed E-state index contributed by atoms with van der Waals surface area (Å²) in [6.45, 7) is 0.147. The van der Waals surface area contributed by atoms with E-state index in [2.05, 4.69) is 0 Å². The maximum atomic E-state index is 13.2. The number of nitrogens with zero attached hydrogens (tertiary/aromatic N) is 1. The van der Waals surface area contributed by atoms with Crippen LogP contribution in [0.5, 0.6) is 0 Å². The second-order valence-corrected chi connectivity index (χ2v) is 5.15. The molecule has 1 saturated heterocycles. The molecule has 0 aromatic heterocycles. The largest absolute Gasteiger partial charge is 0.383 e. The summed E-state index contributed by atoms with van der Waals surface area (Å²) in [6, 6.07) is 9.02. The van der Waals surface area contributed by atoms with E-state index in [1.165, 1.54) is 0 Å². The summed E-state index contributed by atoms with van der Waals surface area (Å²) in [4.78, 5) is 12.4. The molecule has 0 spiro atoms. The molecular weight excluding hydrogens is 288 g/mol. The second-order valence-electron chi connectivity index (χ2n) is 5.15. The molecule has 1 heterocycles. The lowest BCUT2D eigenvalue weighted by molar-refractivity contribution is -0.179. The van der Waals surface area contributed by atoms with Gasteiger partial charge in [-0.15, -0.1) is 0 Å². The van der Waals surface area contributed by atoms with Gasteiger partial charge in [0.2, 0.25) is 0 Å². The van der Waals surface area contributed by atoms with Crippen LogP contribution in [0.2, 0.25) is 0 Å². The van der Waals surface area contributed by atoms with Gasteiger partial charge in [-0.05, 0) is 18.0 Å². The normalized spacial score (nSPS) is 22.9. The van der Waals surface area contributed by atoms with Gasteiger partial charge in [0.15, 0.2) is 0 Å². The van der Waals surface area contributed by atoms with Crippen LogP contribution in [0.15, 0.2) is 30.3 Å². The molecule has 2 N–H and O–H groups in total. The predicted molar refractivity (Wildman–Crippen MR) is 69.3 cm³/mol. The van der Waals surface area contributed by atoms with Crippen LogP contribution in [0.1, 0.15) is 11.5 Å². The first-order chi connectivity index (χ1) is 9.87. The van der Waals surface area contributed by atoms with Gasteiger partial charge in [-0.25, -0.2) is 8.78 Å². The number of hydrogen-bond acceptors (Lipinski definition) is 2. The summed E-state index contributed by atoms with van der Waals surface area (Å²) >= 11 is 0. The summed E-state index contributed by atoms with van der Waals surface area (Å²) in [5.41, 5.74) is 6.48. The van der Waals surface area contributed by atoms with Crippen molar-refractivity contribution in [1.29, 1.82) is 0 Å². The molecule has 116 valence electrons. The summed E-state index contributed by atoms with van der Waals surface area (Å²) < 4.78 is 50.9. The highest BCUT2D eigenvalue weighted by atomic mass is 19.3. The Bertz CT molecular complexity index is 495. The average molecular weight is 304 g/mol. The Morgan fingerprint density at radius 1 is 1.29 bits per heavy atom. The Hall–Kier alpha value is -1.63. The van der Waals surface area contributed by atoms with E-state index in [0.29, 0.717) is 0 Å². The number of rotatable bonds is 4. The molecule has 1 fully saturated rings. The Morgan fingerprint density at radius 2 is 1.90 bits per heavy atom. The Kier molecular flexibility index (Phi) is 4.51. The third-order valence-corrected chi connectivity index (χ3v) is 3.82. The molecule has 21 heavy (non-hydrogen) atoms. The number of nitrogens with two attached hydrogens (primary N) is 1. The first-order valence-corrected chi connectivity index (χ1v) is 6.58. The standard InChI is InChI=1S/C14H16F4N2O/c15-12(16)14(17,18)13(21)20-7-10(6-19)11(8-20)9-4-2-1-3-5-9/h1-5,10-12H,6-8,19H2/t10-,11+/m1/s1. The van der Waals surface area contributed by atoms with E-state index in [1.54, 1.807) is 12.1 Å². The summed E-state index contributed by atoms with van der Waals surface area (Å²) in [5.74, 6) is -6.90. The van der Waals surface area contributed by atoms with Gasteiger partial charge in [0.05, 0.1) is 0 Å². The van der Waals surface area contributed by atoms with Crippen LogP contribution in [0.25, 0.3) is 0 Å². The third-order valence-electron chi connectivity index (χ3n) is 3.82. The molecule has 2 rings (SSSR count). The van der Waals surface area contributed by atoms with Crippen molar-refractivity contribution in [3.05, 3.63) is 35.9 Å². The molecule has 2 atom stereocenters. The van der Waals surface area contributed by atoms with Crippen LogP contribution in [-0.2, 0) is 4.79 Å². The lowest BCUT2D eigenvalue weighted by Crippen LogP contribution is -2.47. The first kappa shape index (κ1) is 15.8. The molecule has 0 aliphatic carbocycles. The van der Waals surface area contributed by atoms with E-state index >= 15 is 0 Å². The molecule has 3 nitrogen and oxygen atoms in total. The van der Waals surface area contributed by atoms with Crippen LogP contribution in [0.3, 0.4) is 0 Å². The van der Waals surface area contributed by atoms with Crippen molar-refractivity contribution in [1.82, 2.24) is 4.90 Å². The van der Waals surface area contributed by atoms with Gasteiger partial charge in [0, 0.05) is 19.0 Å². The fourth-order valence-corrected chi connectivity index (χ4v) is 2.66. The van der Waals surface area contributed by atoms with Gasteiger partial charge in [-0.1, -0.05) is 30.3 Å². The van der Waals surface area contributed by atoms with Crippen molar-refractivity contribution in [3.8, 4) is 0 Å². The SMILES string of the molecule is NC[C@@H]1CN(C(=O)C(F)(F)C(F)F)C[C@H]1c1ccccc1. The third kappa shape index (κ3) is 3.02. The highest BCUT2D eigenvalue weighted by Gasteiger charge is 2.53. The van der Waals surface area contributed by atoms with E-state index < -0.39 is 18.3 Å². The second kappa shape index (κ2) is 6.01. The van der Waals surface area contributed by atoms with Crippen molar-refractivity contribution in [2.45, 2.75) is 18.3 Å². The zero-order chi connectivity index (χ0) is 15.6. The van der Waals surface area contributed by atoms with Gasteiger partial charge in [0.25, 0.3) is 5.91 Å². The molecule has 1 aromatic carbocycles. The number of amides is 1. The number of hydrogen-bond donors (Lipinski definition) is 1. The summed E-state index contributed by atoms with van der Waals surface area (Å²) in [7, 11) is 0. The zero-order valence-corrected chi connectivity index (χ0v) is 11.2. The summed E-state index contributed by atoms with van der Waals surface area (Å²) in [5, 5.41) is 0. The maximum Gasteiger partial charge on any atom is 0.383 e. The molecule has 1 aliphatic heterocycles. The van der Waals surface area contributed by atoms with Crippen molar-refractivity contribution in [2.75, 3.05) is 19.6 Å². The molecule has 0 unspecified atom stereocenters. The molecule has 7 heteroatoms. The average Bonchev–Trinajstić information content (AvgIpc) is 2.91. The van der Waals surface area contributed by atoms with Crippen molar-refractivity contribution >= 4 is 5.91 Å². The highest BCUT2D eigenvalue weighted by Crippen LogP contribution is 2.35. The van der Waals surface area contributed by atoms with Crippen molar-refractivity contribution in [2.24, 2.45) is 11.7 Å². The zero-order valence-electron chi connectivity index (χ0n) is 11.2.